The van der Waals surface area contributed by atoms with Crippen LogP contribution in [0.3, 0.4) is 0 Å². The lowest BCUT2D eigenvalue weighted by molar-refractivity contribution is 0.181. The molecule has 0 N–H and O–H groups in total. The number of nitrogens with zero attached hydrogens (tertiary/aromatic N) is 1. The lowest BCUT2D eigenvalue weighted by atomic mass is 10.2. The third kappa shape index (κ3) is 3.18. The van der Waals surface area contributed by atoms with Crippen molar-refractivity contribution in [1.29, 1.82) is 0 Å². The molecule has 1 aromatic rings. The van der Waals surface area contributed by atoms with E-state index in [1.165, 1.54) is 6.21 Å². The van der Waals surface area contributed by atoms with E-state index in [0.717, 1.165) is 5.56 Å². The highest BCUT2D eigenvalue weighted by atomic mass is 35.5. The molecule has 0 aliphatic heterocycles. The van der Waals surface area contributed by atoms with Crippen LogP contribution in [0.4, 0.5) is 0 Å². The Balaban J connectivity index is 2.59. The lowest BCUT2D eigenvalue weighted by Gasteiger charge is -1.95. The highest BCUT2D eigenvalue weighted by molar-refractivity contribution is 6.33. The molecule has 0 unspecified atom stereocenters. The Bertz CT molecular complexity index is 341. The molecule has 3 heteroatoms. The van der Waals surface area contributed by atoms with Crippen LogP contribution in [0.5, 0.6) is 0 Å². The van der Waals surface area contributed by atoms with Crippen LogP contribution < -0.4 is 0 Å². The van der Waals surface area contributed by atoms with E-state index in [9.17, 15) is 0 Å². The second kappa shape index (κ2) is 5.23. The molecule has 0 saturated carbocycles. The summed E-state index contributed by atoms with van der Waals surface area (Å²) in [5.41, 5.74) is 0.807. The molecule has 0 aliphatic rings. The predicted molar refractivity (Wildman–Crippen MR) is 53.8 cm³/mol. The summed E-state index contributed by atoms with van der Waals surface area (Å²) in [5.74, 6) is 2.30. The molecule has 0 aliphatic carbocycles. The van der Waals surface area contributed by atoms with Gasteiger partial charge in [0.1, 0.15) is 0 Å². The first-order chi connectivity index (χ1) is 6.34. The number of terminal acetylenes is 1. The van der Waals surface area contributed by atoms with Gasteiger partial charge in [-0.15, -0.1) is 6.42 Å². The first-order valence-electron chi connectivity index (χ1n) is 3.68. The minimum absolute atomic E-state index is 0.168. The Morgan fingerprint density at radius 3 is 3.00 bits per heavy atom. The number of rotatable bonds is 3. The van der Waals surface area contributed by atoms with Crippen molar-refractivity contribution in [2.75, 3.05) is 6.61 Å². The Labute approximate surface area is 82.2 Å². The molecular weight excluding hydrogens is 186 g/mol. The number of oxime groups is 1. The van der Waals surface area contributed by atoms with Crippen LogP contribution in [-0.2, 0) is 4.84 Å². The maximum Gasteiger partial charge on any atom is 0.177 e. The van der Waals surface area contributed by atoms with Crippen molar-refractivity contribution in [3.8, 4) is 12.3 Å². The highest BCUT2D eigenvalue weighted by Gasteiger charge is 1.93. The molecule has 1 rings (SSSR count). The molecule has 0 fully saturated rings. The van der Waals surface area contributed by atoms with E-state index in [2.05, 4.69) is 11.1 Å². The Morgan fingerprint density at radius 2 is 2.31 bits per heavy atom. The van der Waals surface area contributed by atoms with Gasteiger partial charge in [0.2, 0.25) is 0 Å². The molecule has 0 saturated heterocycles. The number of hydrogen-bond donors (Lipinski definition) is 0. The van der Waals surface area contributed by atoms with Gasteiger partial charge in [-0.25, -0.2) is 0 Å². The zero-order valence-corrected chi connectivity index (χ0v) is 7.66. The summed E-state index contributed by atoms with van der Waals surface area (Å²) in [4.78, 5) is 4.72. The number of benzene rings is 1. The van der Waals surface area contributed by atoms with Gasteiger partial charge >= 0.3 is 0 Å². The smallest absolute Gasteiger partial charge is 0.177 e. The van der Waals surface area contributed by atoms with Gasteiger partial charge in [0.05, 0.1) is 6.21 Å². The van der Waals surface area contributed by atoms with Crippen molar-refractivity contribution < 1.29 is 4.84 Å². The summed E-state index contributed by atoms with van der Waals surface area (Å²) in [7, 11) is 0. The third-order valence-corrected chi connectivity index (χ3v) is 1.66. The molecule has 66 valence electrons. The summed E-state index contributed by atoms with van der Waals surface area (Å²) in [6, 6.07) is 7.34. The van der Waals surface area contributed by atoms with Crippen molar-refractivity contribution in [2.45, 2.75) is 0 Å². The third-order valence-electron chi connectivity index (χ3n) is 1.32. The SMILES string of the molecule is C#CCON=Cc1ccccc1Cl. The molecule has 0 amide bonds. The normalized spacial score (nSPS) is 9.85. The van der Waals surface area contributed by atoms with E-state index in [0.29, 0.717) is 5.02 Å². The van der Waals surface area contributed by atoms with Gasteiger partial charge in [0, 0.05) is 10.6 Å². The lowest BCUT2D eigenvalue weighted by Crippen LogP contribution is -1.86. The average Bonchev–Trinajstić information content (AvgIpc) is 2.15. The van der Waals surface area contributed by atoms with E-state index in [-0.39, 0.29) is 6.61 Å². The minimum atomic E-state index is 0.168. The molecule has 0 radical (unpaired) electrons. The van der Waals surface area contributed by atoms with E-state index in [1.54, 1.807) is 6.07 Å². The van der Waals surface area contributed by atoms with Crippen LogP contribution in [0.2, 0.25) is 5.02 Å². The molecule has 0 bridgehead atoms. The molecular formula is C10H8ClNO. The van der Waals surface area contributed by atoms with Crippen LogP contribution in [0, 0.1) is 12.3 Å². The van der Waals surface area contributed by atoms with Gasteiger partial charge < -0.3 is 4.84 Å². The summed E-state index contributed by atoms with van der Waals surface area (Å²) in [5, 5.41) is 4.28. The maximum absolute atomic E-state index is 5.85. The summed E-state index contributed by atoms with van der Waals surface area (Å²) in [6.45, 7) is 0.168. The van der Waals surface area contributed by atoms with Crippen molar-refractivity contribution in [1.82, 2.24) is 0 Å². The van der Waals surface area contributed by atoms with E-state index >= 15 is 0 Å². The number of hydrogen-bond acceptors (Lipinski definition) is 2. The van der Waals surface area contributed by atoms with Crippen LogP contribution in [0.15, 0.2) is 29.4 Å². The summed E-state index contributed by atoms with van der Waals surface area (Å²) in [6.07, 6.45) is 6.49. The molecule has 0 heterocycles. The zero-order chi connectivity index (χ0) is 9.52. The monoisotopic (exact) mass is 193 g/mol. The quantitative estimate of drug-likeness (QED) is 0.313. The van der Waals surface area contributed by atoms with E-state index < -0.39 is 0 Å². The summed E-state index contributed by atoms with van der Waals surface area (Å²) < 4.78 is 0. The second-order valence-corrected chi connectivity index (χ2v) is 2.64. The fourth-order valence-corrected chi connectivity index (χ4v) is 0.933. The highest BCUT2D eigenvalue weighted by Crippen LogP contribution is 2.12. The molecule has 13 heavy (non-hydrogen) atoms. The Hall–Kier alpha value is -1.46. The van der Waals surface area contributed by atoms with Gasteiger partial charge in [-0.3, -0.25) is 0 Å². The fraction of sp³-hybridized carbons (Fsp3) is 0.100. The van der Waals surface area contributed by atoms with Crippen LogP contribution >= 0.6 is 11.6 Å². The van der Waals surface area contributed by atoms with E-state index in [1.807, 2.05) is 18.2 Å². The molecule has 1 aromatic carbocycles. The van der Waals surface area contributed by atoms with Crippen molar-refractivity contribution >= 4 is 17.8 Å². The molecule has 2 nitrogen and oxygen atoms in total. The minimum Gasteiger partial charge on any atom is -0.383 e. The Morgan fingerprint density at radius 1 is 1.54 bits per heavy atom. The Kier molecular flexibility index (Phi) is 3.87. The van der Waals surface area contributed by atoms with Gasteiger partial charge in [-0.05, 0) is 6.07 Å². The van der Waals surface area contributed by atoms with Gasteiger partial charge in [-0.1, -0.05) is 40.9 Å². The van der Waals surface area contributed by atoms with Crippen molar-refractivity contribution in [3.05, 3.63) is 34.9 Å². The predicted octanol–water partition coefficient (Wildman–Crippen LogP) is 2.32. The summed E-state index contributed by atoms with van der Waals surface area (Å²) >= 11 is 5.85. The maximum atomic E-state index is 5.85. The van der Waals surface area contributed by atoms with Crippen LogP contribution in [-0.4, -0.2) is 12.8 Å². The first-order valence-corrected chi connectivity index (χ1v) is 4.05. The largest absolute Gasteiger partial charge is 0.383 e. The number of halogens is 1. The second-order valence-electron chi connectivity index (χ2n) is 2.23. The fourth-order valence-electron chi connectivity index (χ4n) is 0.748. The van der Waals surface area contributed by atoms with Crippen molar-refractivity contribution in [3.63, 3.8) is 0 Å². The van der Waals surface area contributed by atoms with Gasteiger partial charge in [0.15, 0.2) is 6.61 Å². The van der Waals surface area contributed by atoms with Crippen LogP contribution in [0.1, 0.15) is 5.56 Å². The topological polar surface area (TPSA) is 21.6 Å². The zero-order valence-electron chi connectivity index (χ0n) is 6.90. The molecule has 0 aromatic heterocycles. The standard InChI is InChI=1S/C10H8ClNO/c1-2-7-13-12-8-9-5-3-4-6-10(9)11/h1,3-6,8H,7H2. The van der Waals surface area contributed by atoms with Crippen LogP contribution in [0.25, 0.3) is 0 Å². The van der Waals surface area contributed by atoms with Gasteiger partial charge in [-0.2, -0.15) is 0 Å². The van der Waals surface area contributed by atoms with Gasteiger partial charge in [0.25, 0.3) is 0 Å². The molecule has 0 atom stereocenters. The van der Waals surface area contributed by atoms with Crippen molar-refractivity contribution in [2.24, 2.45) is 5.16 Å². The first kappa shape index (κ1) is 9.63. The molecule has 0 spiro atoms. The van der Waals surface area contributed by atoms with E-state index in [4.69, 9.17) is 22.9 Å². The average molecular weight is 194 g/mol.